The number of fused-ring (bicyclic) bond motifs is 3. The summed E-state index contributed by atoms with van der Waals surface area (Å²) in [7, 11) is 0. The Bertz CT molecular complexity index is 718. The van der Waals surface area contributed by atoms with E-state index in [0.717, 1.165) is 16.6 Å². The number of anilines is 1. The van der Waals surface area contributed by atoms with Gasteiger partial charge in [-0.1, -0.05) is 31.9 Å². The van der Waals surface area contributed by atoms with Gasteiger partial charge in [0.05, 0.1) is 10.2 Å². The van der Waals surface area contributed by atoms with E-state index in [9.17, 15) is 0 Å². The van der Waals surface area contributed by atoms with Crippen LogP contribution in [0.4, 0.5) is 5.82 Å². The van der Waals surface area contributed by atoms with Crippen LogP contribution in [0.5, 0.6) is 0 Å². The summed E-state index contributed by atoms with van der Waals surface area (Å²) in [4.78, 5) is 8.42. The zero-order valence-corrected chi connectivity index (χ0v) is 11.8. The molecule has 19 heavy (non-hydrogen) atoms. The van der Waals surface area contributed by atoms with Gasteiger partial charge in [-0.05, 0) is 24.5 Å². The molecule has 0 aliphatic heterocycles. The summed E-state index contributed by atoms with van der Waals surface area (Å²) in [6, 6.07) is 6.65. The molecule has 0 saturated heterocycles. The SMILES string of the molecule is CCCCCc1ccc2c(c1)sc1c(N)ncnc12. The molecular formula is C15H17N3S. The summed E-state index contributed by atoms with van der Waals surface area (Å²) in [6.45, 7) is 2.23. The lowest BCUT2D eigenvalue weighted by Gasteiger charge is -2.00. The van der Waals surface area contributed by atoms with E-state index in [1.54, 1.807) is 17.7 Å². The van der Waals surface area contributed by atoms with Gasteiger partial charge in [0.2, 0.25) is 0 Å². The highest BCUT2D eigenvalue weighted by atomic mass is 32.1. The van der Waals surface area contributed by atoms with Gasteiger partial charge in [-0.2, -0.15) is 0 Å². The van der Waals surface area contributed by atoms with E-state index in [-0.39, 0.29) is 0 Å². The zero-order valence-electron chi connectivity index (χ0n) is 11.0. The van der Waals surface area contributed by atoms with Crippen LogP contribution in [0.3, 0.4) is 0 Å². The van der Waals surface area contributed by atoms with Crippen LogP contribution in [0.1, 0.15) is 31.7 Å². The van der Waals surface area contributed by atoms with E-state index in [4.69, 9.17) is 5.73 Å². The third kappa shape index (κ3) is 2.28. The number of hydrogen-bond donors (Lipinski definition) is 1. The van der Waals surface area contributed by atoms with Crippen LogP contribution in [0, 0.1) is 0 Å². The number of aryl methyl sites for hydroxylation is 1. The molecule has 3 nitrogen and oxygen atoms in total. The molecule has 2 heterocycles. The van der Waals surface area contributed by atoms with Gasteiger partial charge in [0.15, 0.2) is 0 Å². The Morgan fingerprint density at radius 1 is 1.21 bits per heavy atom. The molecule has 0 bridgehead atoms. The number of unbranched alkanes of at least 4 members (excludes halogenated alkanes) is 2. The molecule has 0 aliphatic rings. The number of hydrogen-bond acceptors (Lipinski definition) is 4. The fourth-order valence-electron chi connectivity index (χ4n) is 2.37. The van der Waals surface area contributed by atoms with E-state index in [2.05, 4.69) is 35.1 Å². The lowest BCUT2D eigenvalue weighted by molar-refractivity contribution is 0.718. The van der Waals surface area contributed by atoms with Crippen LogP contribution in [0.25, 0.3) is 20.3 Å². The first-order valence-corrected chi connectivity index (χ1v) is 7.53. The maximum absolute atomic E-state index is 5.92. The van der Waals surface area contributed by atoms with Crippen molar-refractivity contribution < 1.29 is 0 Å². The largest absolute Gasteiger partial charge is 0.382 e. The third-order valence-electron chi connectivity index (χ3n) is 3.41. The first kappa shape index (κ1) is 12.4. The number of aromatic nitrogens is 2. The van der Waals surface area contributed by atoms with Gasteiger partial charge >= 0.3 is 0 Å². The predicted molar refractivity (Wildman–Crippen MR) is 82.6 cm³/mol. The first-order valence-electron chi connectivity index (χ1n) is 6.71. The van der Waals surface area contributed by atoms with Gasteiger partial charge in [-0.15, -0.1) is 11.3 Å². The molecule has 3 rings (SSSR count). The van der Waals surface area contributed by atoms with Crippen LogP contribution in [0.15, 0.2) is 24.5 Å². The minimum Gasteiger partial charge on any atom is -0.382 e. The summed E-state index contributed by atoms with van der Waals surface area (Å²) < 4.78 is 2.26. The van der Waals surface area contributed by atoms with Crippen molar-refractivity contribution in [3.05, 3.63) is 30.1 Å². The molecule has 2 N–H and O–H groups in total. The smallest absolute Gasteiger partial charge is 0.144 e. The second-order valence-electron chi connectivity index (χ2n) is 4.83. The van der Waals surface area contributed by atoms with Crippen molar-refractivity contribution in [3.8, 4) is 0 Å². The Balaban J connectivity index is 2.04. The molecule has 0 amide bonds. The summed E-state index contributed by atoms with van der Waals surface area (Å²) in [5, 5.41) is 1.19. The van der Waals surface area contributed by atoms with Crippen LogP contribution < -0.4 is 5.73 Å². The highest BCUT2D eigenvalue weighted by Crippen LogP contribution is 2.35. The fourth-order valence-corrected chi connectivity index (χ4v) is 3.49. The molecule has 0 radical (unpaired) electrons. The molecule has 2 aromatic heterocycles. The first-order chi connectivity index (χ1) is 9.29. The molecule has 98 valence electrons. The van der Waals surface area contributed by atoms with Crippen molar-refractivity contribution in [1.82, 2.24) is 9.97 Å². The molecule has 0 fully saturated rings. The van der Waals surface area contributed by atoms with E-state index in [1.165, 1.54) is 34.9 Å². The summed E-state index contributed by atoms with van der Waals surface area (Å²) >= 11 is 1.69. The third-order valence-corrected chi connectivity index (χ3v) is 4.58. The van der Waals surface area contributed by atoms with Crippen LogP contribution >= 0.6 is 11.3 Å². The van der Waals surface area contributed by atoms with Crippen LogP contribution in [-0.2, 0) is 6.42 Å². The van der Waals surface area contributed by atoms with Gasteiger partial charge in [0.1, 0.15) is 12.1 Å². The molecule has 3 aromatic rings. The monoisotopic (exact) mass is 271 g/mol. The van der Waals surface area contributed by atoms with Crippen molar-refractivity contribution in [2.45, 2.75) is 32.6 Å². The highest BCUT2D eigenvalue weighted by Gasteiger charge is 2.09. The second-order valence-corrected chi connectivity index (χ2v) is 5.88. The average molecular weight is 271 g/mol. The minimum atomic E-state index is 0.582. The molecule has 0 saturated carbocycles. The van der Waals surface area contributed by atoms with Crippen molar-refractivity contribution in [3.63, 3.8) is 0 Å². The molecule has 0 aliphatic carbocycles. The van der Waals surface area contributed by atoms with Gasteiger partial charge in [-0.25, -0.2) is 9.97 Å². The lowest BCUT2D eigenvalue weighted by Crippen LogP contribution is -1.89. The summed E-state index contributed by atoms with van der Waals surface area (Å²) in [5.41, 5.74) is 8.30. The van der Waals surface area contributed by atoms with E-state index in [1.807, 2.05) is 0 Å². The molecule has 0 spiro atoms. The van der Waals surface area contributed by atoms with Crippen LogP contribution in [-0.4, -0.2) is 9.97 Å². The number of rotatable bonds is 4. The van der Waals surface area contributed by atoms with Gasteiger partial charge < -0.3 is 5.73 Å². The maximum atomic E-state index is 5.92. The summed E-state index contributed by atoms with van der Waals surface area (Å²) in [5.74, 6) is 0.582. The van der Waals surface area contributed by atoms with Gasteiger partial charge in [-0.3, -0.25) is 0 Å². The van der Waals surface area contributed by atoms with E-state index >= 15 is 0 Å². The standard InChI is InChI=1S/C15H17N3S/c1-2-3-4-5-10-6-7-11-12(8-10)19-14-13(11)17-9-18-15(14)16/h6-9H,2-5H2,1H3,(H2,16,17,18). The average Bonchev–Trinajstić information content (AvgIpc) is 2.79. The number of thiophene rings is 1. The van der Waals surface area contributed by atoms with Gasteiger partial charge in [0, 0.05) is 10.1 Å². The number of benzene rings is 1. The Labute approximate surface area is 116 Å². The summed E-state index contributed by atoms with van der Waals surface area (Å²) in [6.07, 6.45) is 6.51. The Hall–Kier alpha value is -1.68. The predicted octanol–water partition coefficient (Wildman–Crippen LogP) is 4.16. The van der Waals surface area contributed by atoms with Crippen molar-refractivity contribution >= 4 is 37.5 Å². The molecule has 0 atom stereocenters. The van der Waals surface area contributed by atoms with E-state index < -0.39 is 0 Å². The Morgan fingerprint density at radius 3 is 2.95 bits per heavy atom. The van der Waals surface area contributed by atoms with Crippen molar-refractivity contribution in [2.75, 3.05) is 5.73 Å². The second kappa shape index (κ2) is 5.13. The fraction of sp³-hybridized carbons (Fsp3) is 0.333. The number of nitrogen functional groups attached to an aromatic ring is 1. The highest BCUT2D eigenvalue weighted by molar-refractivity contribution is 7.26. The minimum absolute atomic E-state index is 0.582. The molecule has 1 aromatic carbocycles. The van der Waals surface area contributed by atoms with Crippen molar-refractivity contribution in [1.29, 1.82) is 0 Å². The van der Waals surface area contributed by atoms with Crippen molar-refractivity contribution in [2.24, 2.45) is 0 Å². The topological polar surface area (TPSA) is 51.8 Å². The molecule has 4 heteroatoms. The molecular weight excluding hydrogens is 254 g/mol. The Kier molecular flexibility index (Phi) is 3.34. The number of nitrogens with two attached hydrogens (primary N) is 1. The van der Waals surface area contributed by atoms with Gasteiger partial charge in [0.25, 0.3) is 0 Å². The van der Waals surface area contributed by atoms with Crippen LogP contribution in [0.2, 0.25) is 0 Å². The normalized spacial score (nSPS) is 11.4. The number of nitrogens with zero attached hydrogens (tertiary/aromatic N) is 2. The quantitative estimate of drug-likeness (QED) is 0.725. The Morgan fingerprint density at radius 2 is 2.11 bits per heavy atom. The maximum Gasteiger partial charge on any atom is 0.144 e. The zero-order chi connectivity index (χ0) is 13.2. The molecule has 0 unspecified atom stereocenters. The lowest BCUT2D eigenvalue weighted by atomic mass is 10.1. The van der Waals surface area contributed by atoms with E-state index in [0.29, 0.717) is 5.82 Å².